The van der Waals surface area contributed by atoms with Crippen LogP contribution in [0.4, 0.5) is 5.69 Å². The van der Waals surface area contributed by atoms with Gasteiger partial charge in [-0.25, -0.2) is 23.2 Å². The average Bonchev–Trinajstić information content (AvgIpc) is 2.72. The zero-order valence-corrected chi connectivity index (χ0v) is 20.8. The normalized spacial score (nSPS) is 12.2. The molecule has 0 aliphatic heterocycles. The monoisotopic (exact) mass is 491 g/mol. The highest BCUT2D eigenvalue weighted by Crippen LogP contribution is 2.27. The molecule has 1 aromatic carbocycles. The first-order valence-corrected chi connectivity index (χ1v) is 12.8. The van der Waals surface area contributed by atoms with E-state index in [-0.39, 0.29) is 22.6 Å². The molecule has 0 fully saturated rings. The van der Waals surface area contributed by atoms with Crippen molar-refractivity contribution in [3.8, 4) is 0 Å². The lowest BCUT2D eigenvalue weighted by atomic mass is 9.96. The van der Waals surface area contributed by atoms with E-state index >= 15 is 0 Å². The first kappa shape index (κ1) is 24.6. The molecule has 2 heterocycles. The summed E-state index contributed by atoms with van der Waals surface area (Å²) in [5.41, 5.74) is -0.527. The van der Waals surface area contributed by atoms with Gasteiger partial charge in [0.05, 0.1) is 12.0 Å². The summed E-state index contributed by atoms with van der Waals surface area (Å²) >= 11 is 1.09. The summed E-state index contributed by atoms with van der Waals surface area (Å²) in [6.07, 6.45) is 1.04. The average molecular weight is 492 g/mol. The highest BCUT2D eigenvalue weighted by atomic mass is 32.2. The third-order valence-electron chi connectivity index (χ3n) is 4.79. The van der Waals surface area contributed by atoms with Gasteiger partial charge in [0.2, 0.25) is 10.0 Å². The summed E-state index contributed by atoms with van der Waals surface area (Å²) in [5, 5.41) is 0.503. The second-order valence-electron chi connectivity index (χ2n) is 8.67. The van der Waals surface area contributed by atoms with Crippen LogP contribution < -0.4 is 16.0 Å². The number of ketones is 1. The molecule has 0 bridgehead atoms. The van der Waals surface area contributed by atoms with Gasteiger partial charge in [0, 0.05) is 30.8 Å². The van der Waals surface area contributed by atoms with Crippen LogP contribution >= 0.6 is 11.8 Å². The zero-order chi connectivity index (χ0) is 24.7. The number of rotatable bonds is 6. The Hall–Kier alpha value is -2.99. The summed E-state index contributed by atoms with van der Waals surface area (Å²) in [5.74, 6) is 0.210. The molecule has 0 amide bonds. The van der Waals surface area contributed by atoms with Crippen molar-refractivity contribution in [2.45, 2.75) is 31.2 Å². The topological polar surface area (TPSA) is 133 Å². The predicted molar refractivity (Wildman–Crippen MR) is 129 cm³/mol. The third-order valence-corrected chi connectivity index (χ3v) is 6.37. The second-order valence-corrected chi connectivity index (χ2v) is 11.4. The van der Waals surface area contributed by atoms with Gasteiger partial charge >= 0.3 is 5.69 Å². The molecule has 3 rings (SSSR count). The van der Waals surface area contributed by atoms with Crippen LogP contribution in [0, 0.1) is 0 Å². The number of nitrogens with one attached hydrogen (secondary N) is 1. The van der Waals surface area contributed by atoms with Crippen molar-refractivity contribution in [2.75, 3.05) is 16.7 Å². The van der Waals surface area contributed by atoms with Crippen molar-refractivity contribution in [3.63, 3.8) is 0 Å². The van der Waals surface area contributed by atoms with Gasteiger partial charge in [0.1, 0.15) is 16.2 Å². The van der Waals surface area contributed by atoms with E-state index in [1.165, 1.54) is 42.9 Å². The minimum atomic E-state index is -3.42. The van der Waals surface area contributed by atoms with Crippen molar-refractivity contribution in [2.24, 2.45) is 14.1 Å². The van der Waals surface area contributed by atoms with Crippen LogP contribution in [0.15, 0.2) is 38.9 Å². The van der Waals surface area contributed by atoms with Gasteiger partial charge < -0.3 is 0 Å². The molecule has 0 saturated heterocycles. The fraction of sp³-hybridized carbons (Fsp3) is 0.381. The van der Waals surface area contributed by atoms with E-state index in [1.54, 1.807) is 0 Å². The Labute approximate surface area is 195 Å². The number of carbonyl (C=O) groups excluding carboxylic acids is 1. The Morgan fingerprint density at radius 2 is 1.67 bits per heavy atom. The molecule has 0 spiro atoms. The minimum Gasteiger partial charge on any atom is -0.293 e. The summed E-state index contributed by atoms with van der Waals surface area (Å²) in [7, 11) is -0.498. The molecule has 176 valence electrons. The van der Waals surface area contributed by atoms with Crippen molar-refractivity contribution < 1.29 is 13.2 Å². The number of hydrogen-bond acceptors (Lipinski definition) is 8. The van der Waals surface area contributed by atoms with Crippen LogP contribution in [0.5, 0.6) is 0 Å². The number of benzene rings is 1. The molecule has 10 nitrogen and oxygen atoms in total. The largest absolute Gasteiger partial charge is 0.332 e. The van der Waals surface area contributed by atoms with Gasteiger partial charge in [0.15, 0.2) is 11.4 Å². The molecule has 0 aliphatic rings. The van der Waals surface area contributed by atoms with Crippen LogP contribution in [-0.2, 0) is 29.5 Å². The van der Waals surface area contributed by atoms with E-state index in [4.69, 9.17) is 0 Å². The summed E-state index contributed by atoms with van der Waals surface area (Å²) in [6, 6.07) is 6.06. The van der Waals surface area contributed by atoms with E-state index in [0.717, 1.165) is 22.6 Å². The van der Waals surface area contributed by atoms with Gasteiger partial charge in [-0.15, -0.1) is 0 Å². The lowest BCUT2D eigenvalue weighted by Gasteiger charge is -2.19. The predicted octanol–water partition coefficient (Wildman–Crippen LogP) is 1.67. The molecule has 33 heavy (non-hydrogen) atoms. The molecule has 0 radical (unpaired) electrons. The number of thioether (sulfide) groups is 1. The van der Waals surface area contributed by atoms with Gasteiger partial charge in [-0.3, -0.25) is 23.4 Å². The first-order valence-electron chi connectivity index (χ1n) is 9.91. The van der Waals surface area contributed by atoms with Crippen LogP contribution in [0.3, 0.4) is 0 Å². The molecular weight excluding hydrogens is 466 g/mol. The standard InChI is InChI=1S/C21H25N5O5S2/c1-21(2,3)19-22-16-15(18(28)26(5)20(29)25(16)4)17(23-19)32-11-14(27)12-7-9-13(10-8-12)24-33(6,30)31/h7-10,24H,11H2,1-6H3. The van der Waals surface area contributed by atoms with E-state index in [9.17, 15) is 22.8 Å². The molecule has 2 aromatic heterocycles. The summed E-state index contributed by atoms with van der Waals surface area (Å²) in [4.78, 5) is 47.1. The SMILES string of the molecule is Cn1c(=O)c2c(SCC(=O)c3ccc(NS(C)(=O)=O)cc3)nc(C(C)(C)C)nc2n(C)c1=O. The molecule has 0 saturated carbocycles. The Morgan fingerprint density at radius 3 is 2.21 bits per heavy atom. The van der Waals surface area contributed by atoms with Gasteiger partial charge in [-0.2, -0.15) is 0 Å². The number of aromatic nitrogens is 4. The van der Waals surface area contributed by atoms with Crippen molar-refractivity contribution in [1.29, 1.82) is 0 Å². The number of anilines is 1. The number of aryl methyl sites for hydroxylation is 1. The Kier molecular flexibility index (Phi) is 6.53. The minimum absolute atomic E-state index is 0.0134. The number of sulfonamides is 1. The Bertz CT molecular complexity index is 1470. The molecule has 0 unspecified atom stereocenters. The molecule has 3 aromatic rings. The van der Waals surface area contributed by atoms with E-state index in [0.29, 0.717) is 22.1 Å². The maximum Gasteiger partial charge on any atom is 0.332 e. The van der Waals surface area contributed by atoms with Crippen LogP contribution in [0.2, 0.25) is 0 Å². The fourth-order valence-electron chi connectivity index (χ4n) is 3.02. The van der Waals surface area contributed by atoms with Crippen LogP contribution in [0.25, 0.3) is 11.0 Å². The van der Waals surface area contributed by atoms with Crippen molar-refractivity contribution in [1.82, 2.24) is 19.1 Å². The lowest BCUT2D eigenvalue weighted by molar-refractivity contribution is 0.102. The number of carbonyl (C=O) groups is 1. The maximum absolute atomic E-state index is 12.9. The molecule has 0 aliphatic carbocycles. The number of Topliss-reactive ketones (excluding diaryl/α,β-unsaturated/α-hetero) is 1. The first-order chi connectivity index (χ1) is 15.2. The van der Waals surface area contributed by atoms with E-state index in [2.05, 4.69) is 14.7 Å². The second kappa shape index (κ2) is 8.75. The van der Waals surface area contributed by atoms with Crippen molar-refractivity contribution in [3.05, 3.63) is 56.5 Å². The summed E-state index contributed by atoms with van der Waals surface area (Å²) < 4.78 is 27.3. The lowest BCUT2D eigenvalue weighted by Crippen LogP contribution is -2.38. The van der Waals surface area contributed by atoms with Gasteiger partial charge in [-0.05, 0) is 24.3 Å². The number of nitrogens with zero attached hydrogens (tertiary/aromatic N) is 4. The maximum atomic E-state index is 12.9. The smallest absolute Gasteiger partial charge is 0.293 e. The van der Waals surface area contributed by atoms with Gasteiger partial charge in [-0.1, -0.05) is 32.5 Å². The van der Waals surface area contributed by atoms with E-state index < -0.39 is 26.7 Å². The molecule has 1 N–H and O–H groups in total. The van der Waals surface area contributed by atoms with E-state index in [1.807, 2.05) is 20.8 Å². The highest BCUT2D eigenvalue weighted by Gasteiger charge is 2.24. The number of hydrogen-bond donors (Lipinski definition) is 1. The number of fused-ring (bicyclic) bond motifs is 1. The highest BCUT2D eigenvalue weighted by molar-refractivity contribution is 8.00. The zero-order valence-electron chi connectivity index (χ0n) is 19.2. The van der Waals surface area contributed by atoms with Crippen LogP contribution in [-0.4, -0.2) is 45.3 Å². The summed E-state index contributed by atoms with van der Waals surface area (Å²) in [6.45, 7) is 5.75. The molecular formula is C21H25N5O5S2. The third kappa shape index (κ3) is 5.33. The van der Waals surface area contributed by atoms with Gasteiger partial charge in [0.25, 0.3) is 5.56 Å². The van der Waals surface area contributed by atoms with Crippen molar-refractivity contribution >= 4 is 44.3 Å². The molecule has 0 atom stereocenters. The van der Waals surface area contributed by atoms with Crippen LogP contribution in [0.1, 0.15) is 37.0 Å². The fourth-order valence-corrected chi connectivity index (χ4v) is 4.50. The quantitative estimate of drug-likeness (QED) is 0.313. The molecule has 12 heteroatoms. The Balaban J connectivity index is 1.99. The Morgan fingerprint density at radius 1 is 1.06 bits per heavy atom.